The summed E-state index contributed by atoms with van der Waals surface area (Å²) in [5.41, 5.74) is 2.46. The highest BCUT2D eigenvalue weighted by Crippen LogP contribution is 2.50. The van der Waals surface area contributed by atoms with Crippen molar-refractivity contribution in [1.29, 1.82) is 0 Å². The molecule has 4 rings (SSSR count). The lowest BCUT2D eigenvalue weighted by Gasteiger charge is -2.42. The highest BCUT2D eigenvalue weighted by atomic mass is 19.1. The molecule has 0 radical (unpaired) electrons. The van der Waals surface area contributed by atoms with Crippen molar-refractivity contribution in [3.8, 4) is 11.1 Å². The maximum atomic E-state index is 13.5. The zero-order valence-electron chi connectivity index (χ0n) is 17.4. The highest BCUT2D eigenvalue weighted by molar-refractivity contribution is 5.75. The minimum Gasteiger partial charge on any atom is -0.462 e. The standard InChI is InChI=1S/C25H28FNO3/c1-3-21-18(14-28)12-23-24(15(2)30-25(23)29)22(21)10-9-20-8-7-17(13-27-20)16-5-4-6-19(26)11-16/h4-11,13,15,18,21-24,28H,3,12,14H2,1-2H3/b10-9+/t15-,18-,21-,22+,23-,24+/m1/s1. The Morgan fingerprint density at radius 1 is 1.27 bits per heavy atom. The van der Waals surface area contributed by atoms with E-state index in [1.165, 1.54) is 12.1 Å². The molecule has 30 heavy (non-hydrogen) atoms. The first-order valence-electron chi connectivity index (χ1n) is 10.7. The van der Waals surface area contributed by atoms with Crippen molar-refractivity contribution in [2.24, 2.45) is 29.6 Å². The molecule has 6 atom stereocenters. The Balaban J connectivity index is 1.58. The average molecular weight is 410 g/mol. The van der Waals surface area contributed by atoms with Gasteiger partial charge in [-0.25, -0.2) is 4.39 Å². The van der Waals surface area contributed by atoms with E-state index in [1.54, 1.807) is 12.3 Å². The minimum absolute atomic E-state index is 0.0916. The molecule has 0 unspecified atom stereocenters. The van der Waals surface area contributed by atoms with Gasteiger partial charge >= 0.3 is 5.97 Å². The molecular weight excluding hydrogens is 381 g/mol. The number of halogens is 1. The van der Waals surface area contributed by atoms with Crippen LogP contribution in [0.5, 0.6) is 0 Å². The molecule has 1 aliphatic heterocycles. The van der Waals surface area contributed by atoms with Crippen LogP contribution in [0.2, 0.25) is 0 Å². The van der Waals surface area contributed by atoms with Crippen LogP contribution >= 0.6 is 0 Å². The summed E-state index contributed by atoms with van der Waals surface area (Å²) in [6, 6.07) is 10.3. The predicted molar refractivity (Wildman–Crippen MR) is 114 cm³/mol. The number of fused-ring (bicyclic) bond motifs is 1. The van der Waals surface area contributed by atoms with Gasteiger partial charge in [0.05, 0.1) is 11.6 Å². The Morgan fingerprint density at radius 2 is 2.10 bits per heavy atom. The number of pyridine rings is 1. The summed E-state index contributed by atoms with van der Waals surface area (Å²) in [6.45, 7) is 4.21. The molecule has 0 bridgehead atoms. The third-order valence-corrected chi connectivity index (χ3v) is 6.85. The Kier molecular flexibility index (Phi) is 6.00. The second kappa shape index (κ2) is 8.68. The zero-order chi connectivity index (χ0) is 21.3. The Bertz CT molecular complexity index is 926. The summed E-state index contributed by atoms with van der Waals surface area (Å²) >= 11 is 0. The topological polar surface area (TPSA) is 59.4 Å². The molecule has 1 aliphatic carbocycles. The molecule has 1 saturated carbocycles. The molecule has 2 heterocycles. The van der Waals surface area contributed by atoms with Gasteiger partial charge < -0.3 is 9.84 Å². The third-order valence-electron chi connectivity index (χ3n) is 6.85. The molecular formula is C25H28FNO3. The van der Waals surface area contributed by atoms with Gasteiger partial charge in [0, 0.05) is 24.3 Å². The van der Waals surface area contributed by atoms with Crippen LogP contribution in [0, 0.1) is 35.4 Å². The van der Waals surface area contributed by atoms with Gasteiger partial charge in [-0.15, -0.1) is 0 Å². The quantitative estimate of drug-likeness (QED) is 0.725. The van der Waals surface area contributed by atoms with Gasteiger partial charge in [0.1, 0.15) is 11.9 Å². The molecule has 4 nitrogen and oxygen atoms in total. The van der Waals surface area contributed by atoms with Crippen LogP contribution in [0.15, 0.2) is 48.7 Å². The van der Waals surface area contributed by atoms with Crippen molar-refractivity contribution in [1.82, 2.24) is 4.98 Å². The number of carbonyl (C=O) groups is 1. The summed E-state index contributed by atoms with van der Waals surface area (Å²) in [7, 11) is 0. The predicted octanol–water partition coefficient (Wildman–Crippen LogP) is 4.73. The number of aromatic nitrogens is 1. The number of esters is 1. The van der Waals surface area contributed by atoms with Crippen LogP contribution in [-0.2, 0) is 9.53 Å². The van der Waals surface area contributed by atoms with Crippen molar-refractivity contribution < 1.29 is 19.0 Å². The number of ether oxygens (including phenoxy) is 1. The van der Waals surface area contributed by atoms with E-state index in [0.717, 1.165) is 23.2 Å². The molecule has 1 aromatic heterocycles. The Labute approximate surface area is 176 Å². The molecule has 1 aromatic carbocycles. The van der Waals surface area contributed by atoms with Crippen molar-refractivity contribution in [3.05, 3.63) is 60.2 Å². The van der Waals surface area contributed by atoms with Gasteiger partial charge in [-0.3, -0.25) is 9.78 Å². The molecule has 1 N–H and O–H groups in total. The Morgan fingerprint density at radius 3 is 2.77 bits per heavy atom. The van der Waals surface area contributed by atoms with Crippen molar-refractivity contribution in [3.63, 3.8) is 0 Å². The van der Waals surface area contributed by atoms with E-state index in [9.17, 15) is 14.3 Å². The lowest BCUT2D eigenvalue weighted by Crippen LogP contribution is -2.42. The highest BCUT2D eigenvalue weighted by Gasteiger charge is 2.52. The fourth-order valence-corrected chi connectivity index (χ4v) is 5.41. The summed E-state index contributed by atoms with van der Waals surface area (Å²) < 4.78 is 19.0. The van der Waals surface area contributed by atoms with E-state index >= 15 is 0 Å². The lowest BCUT2D eigenvalue weighted by molar-refractivity contribution is -0.144. The maximum absolute atomic E-state index is 13.5. The van der Waals surface area contributed by atoms with Gasteiger partial charge in [-0.2, -0.15) is 0 Å². The van der Waals surface area contributed by atoms with Crippen molar-refractivity contribution in [2.45, 2.75) is 32.8 Å². The van der Waals surface area contributed by atoms with Crippen molar-refractivity contribution in [2.75, 3.05) is 6.61 Å². The first-order chi connectivity index (χ1) is 14.5. The fraction of sp³-hybridized carbons (Fsp3) is 0.440. The summed E-state index contributed by atoms with van der Waals surface area (Å²) in [5, 5.41) is 9.91. The number of hydrogen-bond acceptors (Lipinski definition) is 4. The maximum Gasteiger partial charge on any atom is 0.309 e. The number of hydrogen-bond donors (Lipinski definition) is 1. The number of allylic oxidation sites excluding steroid dienone is 1. The minimum atomic E-state index is -0.269. The van der Waals surface area contributed by atoms with Gasteiger partial charge in [0.15, 0.2) is 0 Å². The SMILES string of the molecule is CC[C@@H]1[C@@H](CO)C[C@H]2C(=O)O[C@H](C)[C@H]2[C@H]1/C=C/c1ccc(-c2cccc(F)c2)cn1. The molecule has 2 aliphatic rings. The zero-order valence-corrected chi connectivity index (χ0v) is 17.4. The van der Waals surface area contributed by atoms with Crippen LogP contribution < -0.4 is 0 Å². The third kappa shape index (κ3) is 3.91. The van der Waals surface area contributed by atoms with Gasteiger partial charge in [-0.1, -0.05) is 37.6 Å². The first-order valence-corrected chi connectivity index (χ1v) is 10.7. The van der Waals surface area contributed by atoms with E-state index in [4.69, 9.17) is 4.74 Å². The van der Waals surface area contributed by atoms with E-state index in [0.29, 0.717) is 12.3 Å². The summed E-state index contributed by atoms with van der Waals surface area (Å²) in [5.74, 6) is 0.150. The lowest BCUT2D eigenvalue weighted by atomic mass is 9.60. The molecule has 1 saturated heterocycles. The number of carbonyl (C=O) groups excluding carboxylic acids is 1. The van der Waals surface area contributed by atoms with Crippen molar-refractivity contribution >= 4 is 12.0 Å². The number of benzene rings is 1. The molecule has 0 amide bonds. The number of nitrogens with zero attached hydrogens (tertiary/aromatic N) is 1. The molecule has 2 aromatic rings. The van der Waals surface area contributed by atoms with E-state index in [-0.39, 0.29) is 48.2 Å². The van der Waals surface area contributed by atoms with Crippen LogP contribution in [0.25, 0.3) is 17.2 Å². The fourth-order valence-electron chi connectivity index (χ4n) is 5.41. The molecule has 158 valence electrons. The van der Waals surface area contributed by atoms with Gasteiger partial charge in [0.25, 0.3) is 0 Å². The monoisotopic (exact) mass is 409 g/mol. The molecule has 5 heteroatoms. The van der Waals surface area contributed by atoms with E-state index in [1.807, 2.05) is 31.2 Å². The van der Waals surface area contributed by atoms with E-state index in [2.05, 4.69) is 18.0 Å². The average Bonchev–Trinajstić information content (AvgIpc) is 3.04. The van der Waals surface area contributed by atoms with Crippen LogP contribution in [-0.4, -0.2) is 28.8 Å². The smallest absolute Gasteiger partial charge is 0.309 e. The van der Waals surface area contributed by atoms with Crippen LogP contribution in [0.3, 0.4) is 0 Å². The number of aliphatic hydroxyl groups is 1. The number of aliphatic hydroxyl groups excluding tert-OH is 1. The second-order valence-electron chi connectivity index (χ2n) is 8.49. The summed E-state index contributed by atoms with van der Waals surface area (Å²) in [6.07, 6.45) is 7.42. The van der Waals surface area contributed by atoms with Crippen LogP contribution in [0.1, 0.15) is 32.4 Å². The normalized spacial score (nSPS) is 31.0. The van der Waals surface area contributed by atoms with E-state index < -0.39 is 0 Å². The summed E-state index contributed by atoms with van der Waals surface area (Å²) in [4.78, 5) is 16.8. The van der Waals surface area contributed by atoms with Gasteiger partial charge in [0.2, 0.25) is 0 Å². The molecule has 0 spiro atoms. The number of cyclic esters (lactones) is 1. The largest absolute Gasteiger partial charge is 0.462 e. The Hall–Kier alpha value is -2.53. The van der Waals surface area contributed by atoms with Gasteiger partial charge in [-0.05, 0) is 60.9 Å². The number of rotatable bonds is 5. The molecule has 2 fully saturated rings. The van der Waals surface area contributed by atoms with Crippen LogP contribution in [0.4, 0.5) is 4.39 Å². The second-order valence-corrected chi connectivity index (χ2v) is 8.49. The first kappa shape index (κ1) is 20.7.